The summed E-state index contributed by atoms with van der Waals surface area (Å²) in [7, 11) is 0. The van der Waals surface area contributed by atoms with Crippen molar-refractivity contribution in [1.82, 2.24) is 4.90 Å². The number of rotatable bonds is 5. The summed E-state index contributed by atoms with van der Waals surface area (Å²) in [4.78, 5) is 13.0. The lowest BCUT2D eigenvalue weighted by Crippen LogP contribution is -2.34. The zero-order valence-corrected chi connectivity index (χ0v) is 11.0. The first-order valence-corrected chi connectivity index (χ1v) is 6.59. The fraction of sp³-hybridized carbons (Fsp3) is 0.500. The second kappa shape index (κ2) is 6.54. The van der Waals surface area contributed by atoms with Gasteiger partial charge in [0.05, 0.1) is 6.61 Å². The van der Waals surface area contributed by atoms with E-state index in [4.69, 9.17) is 16.2 Å². The monoisotopic (exact) mass is 263 g/mol. The minimum atomic E-state index is -0.703. The van der Waals surface area contributed by atoms with Crippen LogP contribution < -0.4 is 11.5 Å². The molecule has 0 radical (unpaired) electrons. The summed E-state index contributed by atoms with van der Waals surface area (Å²) in [6.07, 6.45) is 0.252. The van der Waals surface area contributed by atoms with Crippen LogP contribution in [0.2, 0.25) is 0 Å². The third-order valence-corrected chi connectivity index (χ3v) is 3.58. The summed E-state index contributed by atoms with van der Waals surface area (Å²) in [5, 5.41) is 0. The van der Waals surface area contributed by atoms with Crippen LogP contribution in [-0.4, -0.2) is 36.7 Å². The van der Waals surface area contributed by atoms with E-state index in [0.717, 1.165) is 19.5 Å². The van der Waals surface area contributed by atoms with E-state index in [1.54, 1.807) is 0 Å². The Bertz CT molecular complexity index is 410. The number of likely N-dealkylation sites (tertiary alicyclic amines) is 1. The number of nitrogens with two attached hydrogens (primary N) is 2. The standard InChI is InChI=1S/C14H21N3O2/c15-7-13-6-12(10-19-14(16)18)9-17(13)8-11-4-2-1-3-5-11/h1-5,12-13H,6-10,15H2,(H2,16,18)/t12-,13-/m0/s1. The maximum absolute atomic E-state index is 10.6. The number of primary amides is 1. The van der Waals surface area contributed by atoms with Crippen LogP contribution in [0.4, 0.5) is 4.79 Å². The molecule has 1 aliphatic rings. The first-order valence-electron chi connectivity index (χ1n) is 6.59. The highest BCUT2D eigenvalue weighted by molar-refractivity contribution is 5.64. The Morgan fingerprint density at radius 1 is 1.37 bits per heavy atom. The van der Waals surface area contributed by atoms with Gasteiger partial charge in [0, 0.05) is 31.6 Å². The van der Waals surface area contributed by atoms with Crippen LogP contribution in [0, 0.1) is 5.92 Å². The quantitative estimate of drug-likeness (QED) is 0.828. The number of hydrogen-bond acceptors (Lipinski definition) is 4. The average Bonchev–Trinajstić information content (AvgIpc) is 2.80. The van der Waals surface area contributed by atoms with Gasteiger partial charge in [-0.2, -0.15) is 0 Å². The van der Waals surface area contributed by atoms with Crippen molar-refractivity contribution < 1.29 is 9.53 Å². The van der Waals surface area contributed by atoms with Crippen LogP contribution >= 0.6 is 0 Å². The third kappa shape index (κ3) is 3.94. The predicted molar refractivity (Wildman–Crippen MR) is 73.3 cm³/mol. The molecular weight excluding hydrogens is 242 g/mol. The molecule has 104 valence electrons. The molecule has 19 heavy (non-hydrogen) atoms. The second-order valence-corrected chi connectivity index (χ2v) is 5.04. The van der Waals surface area contributed by atoms with Crippen molar-refractivity contribution in [3.63, 3.8) is 0 Å². The molecule has 1 aromatic rings. The highest BCUT2D eigenvalue weighted by Gasteiger charge is 2.31. The van der Waals surface area contributed by atoms with Crippen molar-refractivity contribution in [2.45, 2.75) is 19.0 Å². The number of benzene rings is 1. The van der Waals surface area contributed by atoms with Gasteiger partial charge in [-0.15, -0.1) is 0 Å². The van der Waals surface area contributed by atoms with E-state index in [-0.39, 0.29) is 0 Å². The minimum absolute atomic E-state index is 0.324. The number of nitrogens with zero attached hydrogens (tertiary/aromatic N) is 1. The topological polar surface area (TPSA) is 81.6 Å². The van der Waals surface area contributed by atoms with Crippen molar-refractivity contribution in [3.05, 3.63) is 35.9 Å². The first kappa shape index (κ1) is 13.8. The molecular formula is C14H21N3O2. The molecule has 0 saturated carbocycles. The Labute approximate surface area is 113 Å². The Kier molecular flexibility index (Phi) is 4.76. The molecule has 1 saturated heterocycles. The largest absolute Gasteiger partial charge is 0.449 e. The summed E-state index contributed by atoms with van der Waals surface area (Å²) >= 11 is 0. The zero-order chi connectivity index (χ0) is 13.7. The molecule has 0 bridgehead atoms. The molecule has 2 atom stereocenters. The van der Waals surface area contributed by atoms with Gasteiger partial charge in [-0.25, -0.2) is 4.79 Å². The van der Waals surface area contributed by atoms with Crippen molar-refractivity contribution in [3.8, 4) is 0 Å². The number of carbonyl (C=O) groups is 1. The van der Waals surface area contributed by atoms with E-state index >= 15 is 0 Å². The van der Waals surface area contributed by atoms with Crippen molar-refractivity contribution in [1.29, 1.82) is 0 Å². The fourth-order valence-corrected chi connectivity index (χ4v) is 2.67. The van der Waals surface area contributed by atoms with E-state index in [1.165, 1.54) is 5.56 Å². The first-order chi connectivity index (χ1) is 9.19. The number of amides is 1. The van der Waals surface area contributed by atoms with Gasteiger partial charge in [0.2, 0.25) is 0 Å². The molecule has 1 aromatic carbocycles. The molecule has 5 nitrogen and oxygen atoms in total. The Hall–Kier alpha value is -1.59. The van der Waals surface area contributed by atoms with Crippen molar-refractivity contribution in [2.24, 2.45) is 17.4 Å². The SMILES string of the molecule is NC[C@@H]1C[C@H](COC(N)=O)CN1Cc1ccccc1. The van der Waals surface area contributed by atoms with Crippen LogP contribution in [0.3, 0.4) is 0 Å². The maximum atomic E-state index is 10.6. The zero-order valence-electron chi connectivity index (χ0n) is 11.0. The molecule has 1 heterocycles. The third-order valence-electron chi connectivity index (χ3n) is 3.58. The van der Waals surface area contributed by atoms with Gasteiger partial charge < -0.3 is 16.2 Å². The van der Waals surface area contributed by atoms with Crippen molar-refractivity contribution >= 4 is 6.09 Å². The highest BCUT2D eigenvalue weighted by Crippen LogP contribution is 2.24. The van der Waals surface area contributed by atoms with Gasteiger partial charge in [-0.3, -0.25) is 4.90 Å². The Balaban J connectivity index is 1.91. The van der Waals surface area contributed by atoms with Gasteiger partial charge in [-0.1, -0.05) is 30.3 Å². The second-order valence-electron chi connectivity index (χ2n) is 5.04. The van der Waals surface area contributed by atoms with Crippen LogP contribution in [0.25, 0.3) is 0 Å². The van der Waals surface area contributed by atoms with E-state index < -0.39 is 6.09 Å². The lowest BCUT2D eigenvalue weighted by atomic mass is 10.1. The fourth-order valence-electron chi connectivity index (χ4n) is 2.67. The summed E-state index contributed by atoms with van der Waals surface area (Å²) in [6.45, 7) is 2.79. The molecule has 0 aromatic heterocycles. The number of ether oxygens (including phenoxy) is 1. The Morgan fingerprint density at radius 3 is 2.74 bits per heavy atom. The van der Waals surface area contributed by atoms with Gasteiger partial charge in [-0.05, 0) is 12.0 Å². The summed E-state index contributed by atoms with van der Waals surface area (Å²) in [6, 6.07) is 10.7. The summed E-state index contributed by atoms with van der Waals surface area (Å²) in [5.74, 6) is 0.324. The smallest absolute Gasteiger partial charge is 0.404 e. The van der Waals surface area contributed by atoms with Crippen LogP contribution in [0.15, 0.2) is 30.3 Å². The highest BCUT2D eigenvalue weighted by atomic mass is 16.5. The predicted octanol–water partition coefficient (Wildman–Crippen LogP) is 0.931. The minimum Gasteiger partial charge on any atom is -0.449 e. The van der Waals surface area contributed by atoms with Gasteiger partial charge in [0.1, 0.15) is 0 Å². The van der Waals surface area contributed by atoms with Crippen LogP contribution in [0.1, 0.15) is 12.0 Å². The lowest BCUT2D eigenvalue weighted by Gasteiger charge is -2.23. The molecule has 1 amide bonds. The Morgan fingerprint density at radius 2 is 2.11 bits per heavy atom. The summed E-state index contributed by atoms with van der Waals surface area (Å²) in [5.41, 5.74) is 12.1. The molecule has 0 aliphatic carbocycles. The molecule has 4 N–H and O–H groups in total. The molecule has 1 aliphatic heterocycles. The number of carbonyl (C=O) groups excluding carboxylic acids is 1. The molecule has 1 fully saturated rings. The van der Waals surface area contributed by atoms with E-state index in [0.29, 0.717) is 25.1 Å². The van der Waals surface area contributed by atoms with E-state index in [9.17, 15) is 4.79 Å². The molecule has 2 rings (SSSR count). The van der Waals surface area contributed by atoms with Crippen LogP contribution in [-0.2, 0) is 11.3 Å². The van der Waals surface area contributed by atoms with Gasteiger partial charge in [0.25, 0.3) is 0 Å². The van der Waals surface area contributed by atoms with Gasteiger partial charge >= 0.3 is 6.09 Å². The summed E-state index contributed by atoms with van der Waals surface area (Å²) < 4.78 is 4.89. The normalized spacial score (nSPS) is 23.4. The van der Waals surface area contributed by atoms with Crippen molar-refractivity contribution in [2.75, 3.05) is 19.7 Å². The number of hydrogen-bond donors (Lipinski definition) is 2. The van der Waals surface area contributed by atoms with E-state index in [1.807, 2.05) is 18.2 Å². The molecule has 5 heteroatoms. The van der Waals surface area contributed by atoms with Crippen LogP contribution in [0.5, 0.6) is 0 Å². The maximum Gasteiger partial charge on any atom is 0.404 e. The molecule has 0 unspecified atom stereocenters. The molecule has 0 spiro atoms. The average molecular weight is 263 g/mol. The van der Waals surface area contributed by atoms with E-state index in [2.05, 4.69) is 17.0 Å². The van der Waals surface area contributed by atoms with Gasteiger partial charge in [0.15, 0.2) is 0 Å². The lowest BCUT2D eigenvalue weighted by molar-refractivity contribution is 0.136.